The zero-order valence-electron chi connectivity index (χ0n) is 10.6. The Balaban J connectivity index is 3.34. The molecule has 0 bridgehead atoms. The van der Waals surface area contributed by atoms with Crippen LogP contribution in [0, 0.1) is 17.7 Å². The van der Waals surface area contributed by atoms with Gasteiger partial charge in [0.1, 0.15) is 11.4 Å². The van der Waals surface area contributed by atoms with Crippen LogP contribution in [0.5, 0.6) is 0 Å². The van der Waals surface area contributed by atoms with Gasteiger partial charge < -0.3 is 5.73 Å². The topological polar surface area (TPSA) is 26.0 Å². The Morgan fingerprint density at radius 3 is 1.78 bits per heavy atom. The summed E-state index contributed by atoms with van der Waals surface area (Å²) in [6, 6.07) is 4.19. The molecule has 0 aliphatic carbocycles. The molecule has 5 heteroatoms. The van der Waals surface area contributed by atoms with Gasteiger partial charge in [-0.25, -0.2) is 4.39 Å². The Morgan fingerprint density at radius 2 is 1.44 bits per heavy atom. The van der Waals surface area contributed by atoms with Crippen LogP contribution in [0.25, 0.3) is 0 Å². The number of hydrogen-bond donors (Lipinski definition) is 1. The second-order valence-electron chi connectivity index (χ2n) is 4.91. The highest BCUT2D eigenvalue weighted by atomic mass is 19.4. The van der Waals surface area contributed by atoms with Gasteiger partial charge in [-0.15, -0.1) is 0 Å². The van der Waals surface area contributed by atoms with Crippen molar-refractivity contribution in [2.75, 3.05) is 0 Å². The van der Waals surface area contributed by atoms with Gasteiger partial charge in [-0.05, 0) is 29.5 Å². The Hall–Kier alpha value is -1.10. The summed E-state index contributed by atoms with van der Waals surface area (Å²) in [7, 11) is 0. The van der Waals surface area contributed by atoms with Crippen LogP contribution in [0.3, 0.4) is 0 Å². The molecule has 0 fully saturated rings. The maximum atomic E-state index is 13.3. The van der Waals surface area contributed by atoms with E-state index in [2.05, 4.69) is 0 Å². The molecule has 1 rings (SSSR count). The smallest absolute Gasteiger partial charge is 0.314 e. The molecule has 1 nitrogen and oxygen atoms in total. The predicted molar refractivity (Wildman–Crippen MR) is 62.3 cm³/mol. The molecule has 0 spiro atoms. The average Bonchev–Trinajstić information content (AvgIpc) is 2.26. The molecule has 0 radical (unpaired) electrons. The molecule has 2 atom stereocenters. The molecule has 0 saturated carbocycles. The summed E-state index contributed by atoms with van der Waals surface area (Å²) in [5.74, 6) is -1.65. The van der Waals surface area contributed by atoms with Crippen molar-refractivity contribution >= 4 is 0 Å². The first-order valence-electron chi connectivity index (χ1n) is 5.72. The fourth-order valence-corrected chi connectivity index (χ4v) is 1.94. The van der Waals surface area contributed by atoms with Gasteiger partial charge in [0, 0.05) is 0 Å². The number of alkyl halides is 3. The van der Waals surface area contributed by atoms with Gasteiger partial charge >= 0.3 is 6.18 Å². The molecule has 18 heavy (non-hydrogen) atoms. The van der Waals surface area contributed by atoms with Crippen molar-refractivity contribution < 1.29 is 17.6 Å². The van der Waals surface area contributed by atoms with Gasteiger partial charge in [0.05, 0.1) is 0 Å². The van der Waals surface area contributed by atoms with E-state index < -0.39 is 23.5 Å². The van der Waals surface area contributed by atoms with E-state index in [0.29, 0.717) is 0 Å². The maximum Gasteiger partial charge on any atom is 0.410 e. The number of halogens is 4. The van der Waals surface area contributed by atoms with Crippen molar-refractivity contribution in [3.05, 3.63) is 35.6 Å². The lowest BCUT2D eigenvalue weighted by Gasteiger charge is -2.39. The zero-order valence-corrected chi connectivity index (χ0v) is 10.6. The fraction of sp³-hybridized carbons (Fsp3) is 0.538. The van der Waals surface area contributed by atoms with Gasteiger partial charge in [-0.2, -0.15) is 13.2 Å². The van der Waals surface area contributed by atoms with Gasteiger partial charge in [0.25, 0.3) is 0 Å². The SMILES string of the molecule is CC(C)C(C)C(N)(c1ccc(F)cc1)C(F)(F)F. The maximum absolute atomic E-state index is 13.3. The second kappa shape index (κ2) is 4.88. The van der Waals surface area contributed by atoms with E-state index in [0.717, 1.165) is 24.3 Å². The van der Waals surface area contributed by atoms with E-state index in [4.69, 9.17) is 5.73 Å². The Bertz CT molecular complexity index is 396. The number of hydrogen-bond acceptors (Lipinski definition) is 1. The Kier molecular flexibility index (Phi) is 4.05. The van der Waals surface area contributed by atoms with E-state index in [1.807, 2.05) is 0 Å². The molecule has 102 valence electrons. The third-order valence-electron chi connectivity index (χ3n) is 3.51. The van der Waals surface area contributed by atoms with Gasteiger partial charge in [0.2, 0.25) is 0 Å². The molecule has 1 aromatic rings. The lowest BCUT2D eigenvalue weighted by molar-refractivity contribution is -0.208. The second-order valence-corrected chi connectivity index (χ2v) is 4.91. The molecule has 0 heterocycles. The average molecular weight is 263 g/mol. The summed E-state index contributed by atoms with van der Waals surface area (Å²) < 4.78 is 52.7. The predicted octanol–water partition coefficient (Wildman–Crippen LogP) is 3.83. The van der Waals surface area contributed by atoms with Crippen LogP contribution >= 0.6 is 0 Å². The monoisotopic (exact) mass is 263 g/mol. The van der Waals surface area contributed by atoms with Crippen LogP contribution in [0.15, 0.2) is 24.3 Å². The lowest BCUT2D eigenvalue weighted by Crippen LogP contribution is -2.56. The van der Waals surface area contributed by atoms with Crippen molar-refractivity contribution in [3.63, 3.8) is 0 Å². The van der Waals surface area contributed by atoms with Crippen molar-refractivity contribution in [3.8, 4) is 0 Å². The van der Waals surface area contributed by atoms with Crippen LogP contribution in [-0.4, -0.2) is 6.18 Å². The molecule has 2 N–H and O–H groups in total. The fourth-order valence-electron chi connectivity index (χ4n) is 1.94. The minimum absolute atomic E-state index is 0.113. The van der Waals surface area contributed by atoms with E-state index in [-0.39, 0.29) is 11.5 Å². The highest BCUT2D eigenvalue weighted by molar-refractivity contribution is 5.27. The zero-order chi connectivity index (χ0) is 14.1. The normalized spacial score (nSPS) is 17.6. The summed E-state index contributed by atoms with van der Waals surface area (Å²) in [5.41, 5.74) is 3.07. The molecular formula is C13H17F4N. The first-order chi connectivity index (χ1) is 8.10. The minimum atomic E-state index is -4.59. The molecular weight excluding hydrogens is 246 g/mol. The lowest BCUT2D eigenvalue weighted by atomic mass is 9.74. The van der Waals surface area contributed by atoms with Crippen molar-refractivity contribution in [1.29, 1.82) is 0 Å². The number of nitrogens with two attached hydrogens (primary N) is 1. The van der Waals surface area contributed by atoms with Crippen LogP contribution < -0.4 is 5.73 Å². The third kappa shape index (κ3) is 2.51. The van der Waals surface area contributed by atoms with Crippen LogP contribution in [0.1, 0.15) is 26.3 Å². The van der Waals surface area contributed by atoms with Crippen LogP contribution in [0.4, 0.5) is 17.6 Å². The third-order valence-corrected chi connectivity index (χ3v) is 3.51. The van der Waals surface area contributed by atoms with Gasteiger partial charge in [0.15, 0.2) is 0 Å². The summed E-state index contributed by atoms with van der Waals surface area (Å²) in [4.78, 5) is 0. The minimum Gasteiger partial charge on any atom is -0.314 e. The van der Waals surface area contributed by atoms with Crippen molar-refractivity contribution in [2.24, 2.45) is 17.6 Å². The van der Waals surface area contributed by atoms with Crippen molar-refractivity contribution in [2.45, 2.75) is 32.5 Å². The van der Waals surface area contributed by atoms with Crippen molar-refractivity contribution in [1.82, 2.24) is 0 Å². The molecule has 1 aromatic carbocycles. The molecule has 0 saturated heterocycles. The highest BCUT2D eigenvalue weighted by Crippen LogP contribution is 2.44. The first kappa shape index (κ1) is 15.0. The number of benzene rings is 1. The molecule has 2 unspecified atom stereocenters. The van der Waals surface area contributed by atoms with E-state index in [9.17, 15) is 17.6 Å². The quantitative estimate of drug-likeness (QED) is 0.824. The van der Waals surface area contributed by atoms with E-state index >= 15 is 0 Å². The molecule has 0 amide bonds. The Morgan fingerprint density at radius 1 is 1.00 bits per heavy atom. The summed E-state index contributed by atoms with van der Waals surface area (Å²) in [6.07, 6.45) is -4.59. The van der Waals surface area contributed by atoms with E-state index in [1.54, 1.807) is 13.8 Å². The van der Waals surface area contributed by atoms with Gasteiger partial charge in [-0.3, -0.25) is 0 Å². The molecule has 0 aliphatic heterocycles. The number of rotatable bonds is 3. The van der Waals surface area contributed by atoms with E-state index in [1.165, 1.54) is 6.92 Å². The summed E-state index contributed by atoms with van der Waals surface area (Å²) >= 11 is 0. The molecule has 0 aliphatic rings. The standard InChI is InChI=1S/C13H17F4N/c1-8(2)9(3)12(18,13(15,16)17)10-4-6-11(14)7-5-10/h4-9H,18H2,1-3H3. The Labute approximate surface area is 104 Å². The summed E-state index contributed by atoms with van der Waals surface area (Å²) in [6.45, 7) is 4.82. The largest absolute Gasteiger partial charge is 0.410 e. The summed E-state index contributed by atoms with van der Waals surface area (Å²) in [5, 5.41) is 0. The van der Waals surface area contributed by atoms with Crippen LogP contribution in [-0.2, 0) is 5.54 Å². The van der Waals surface area contributed by atoms with Gasteiger partial charge in [-0.1, -0.05) is 32.9 Å². The first-order valence-corrected chi connectivity index (χ1v) is 5.72. The highest BCUT2D eigenvalue weighted by Gasteiger charge is 2.56. The molecule has 0 aromatic heterocycles. The van der Waals surface area contributed by atoms with Crippen LogP contribution in [0.2, 0.25) is 0 Å².